The number of hydrogen-bond acceptors (Lipinski definition) is 7. The monoisotopic (exact) mass is 453 g/mol. The Labute approximate surface area is 187 Å². The summed E-state index contributed by atoms with van der Waals surface area (Å²) in [5, 5.41) is 13.8. The molecule has 1 heterocycles. The van der Waals surface area contributed by atoms with E-state index in [0.29, 0.717) is 0 Å². The number of nitrogens with one attached hydrogen (secondary N) is 1. The fraction of sp³-hybridized carbons (Fsp3) is 0.136. The number of benzene rings is 3. The summed E-state index contributed by atoms with van der Waals surface area (Å²) >= 11 is 4.58. The second-order valence-electron chi connectivity index (χ2n) is 6.33. The Kier molecular flexibility index (Phi) is 6.88. The quantitative estimate of drug-likeness (QED) is 0.344. The van der Waals surface area contributed by atoms with Crippen molar-refractivity contribution in [3.05, 3.63) is 72.3 Å². The largest absolute Gasteiger partial charge is 0.497 e. The van der Waals surface area contributed by atoms with Gasteiger partial charge in [-0.25, -0.2) is 0 Å². The van der Waals surface area contributed by atoms with E-state index in [1.54, 1.807) is 18.9 Å². The van der Waals surface area contributed by atoms with Gasteiger partial charge in [-0.05, 0) is 40.6 Å². The fourth-order valence-electron chi connectivity index (χ4n) is 2.87. The number of rotatable bonds is 8. The Balaban J connectivity index is 1.29. The molecule has 0 aliphatic heterocycles. The minimum atomic E-state index is -0.0784. The first-order chi connectivity index (χ1) is 14.7. The van der Waals surface area contributed by atoms with Gasteiger partial charge in [0.25, 0.3) is 0 Å². The Hall–Kier alpha value is -2.55. The summed E-state index contributed by atoms with van der Waals surface area (Å²) in [5.74, 6) is 1.79. The SMILES string of the molecule is COc1ccc(NC(=O)CSc2nnc(SCc3cccc4ccccc34)s2)cc1. The van der Waals surface area contributed by atoms with Crippen molar-refractivity contribution in [2.24, 2.45) is 0 Å². The molecule has 1 aromatic heterocycles. The highest BCUT2D eigenvalue weighted by molar-refractivity contribution is 8.03. The molecule has 0 bridgehead atoms. The molecular weight excluding hydrogens is 434 g/mol. The molecule has 0 aliphatic carbocycles. The predicted molar refractivity (Wildman–Crippen MR) is 126 cm³/mol. The van der Waals surface area contributed by atoms with Crippen LogP contribution in [-0.2, 0) is 10.5 Å². The van der Waals surface area contributed by atoms with Crippen LogP contribution in [0.3, 0.4) is 0 Å². The van der Waals surface area contributed by atoms with Crippen molar-refractivity contribution in [2.45, 2.75) is 14.4 Å². The first-order valence-electron chi connectivity index (χ1n) is 9.21. The van der Waals surface area contributed by atoms with Gasteiger partial charge in [0, 0.05) is 11.4 Å². The van der Waals surface area contributed by atoms with E-state index in [4.69, 9.17) is 4.74 Å². The van der Waals surface area contributed by atoms with Crippen molar-refractivity contribution in [2.75, 3.05) is 18.2 Å². The van der Waals surface area contributed by atoms with E-state index in [1.165, 1.54) is 39.4 Å². The number of thioether (sulfide) groups is 2. The maximum absolute atomic E-state index is 12.2. The normalized spacial score (nSPS) is 10.8. The number of fused-ring (bicyclic) bond motifs is 1. The number of carbonyl (C=O) groups is 1. The molecule has 30 heavy (non-hydrogen) atoms. The molecule has 0 atom stereocenters. The number of methoxy groups -OCH3 is 1. The Bertz CT molecular complexity index is 1140. The van der Waals surface area contributed by atoms with Crippen molar-refractivity contribution < 1.29 is 9.53 Å². The van der Waals surface area contributed by atoms with Crippen LogP contribution < -0.4 is 10.1 Å². The van der Waals surface area contributed by atoms with Crippen LogP contribution in [0.25, 0.3) is 10.8 Å². The van der Waals surface area contributed by atoms with E-state index in [2.05, 4.69) is 58.0 Å². The van der Waals surface area contributed by atoms with Gasteiger partial charge in [-0.1, -0.05) is 77.3 Å². The lowest BCUT2D eigenvalue weighted by atomic mass is 10.1. The number of nitrogens with zero attached hydrogens (tertiary/aromatic N) is 2. The molecule has 0 radical (unpaired) electrons. The second-order valence-corrected chi connectivity index (χ2v) is 9.75. The number of amides is 1. The number of ether oxygens (including phenoxy) is 1. The summed E-state index contributed by atoms with van der Waals surface area (Å²) in [5.41, 5.74) is 2.02. The molecule has 152 valence electrons. The third kappa shape index (κ3) is 5.33. The summed E-state index contributed by atoms with van der Waals surface area (Å²) in [6.45, 7) is 0. The van der Waals surface area contributed by atoms with E-state index in [1.807, 2.05) is 24.3 Å². The molecule has 4 aromatic rings. The average Bonchev–Trinajstić information content (AvgIpc) is 3.25. The summed E-state index contributed by atoms with van der Waals surface area (Å²) in [6, 6.07) is 22.0. The molecule has 0 saturated heterocycles. The molecule has 4 rings (SSSR count). The summed E-state index contributed by atoms with van der Waals surface area (Å²) in [6.07, 6.45) is 0. The first-order valence-corrected chi connectivity index (χ1v) is 12.0. The molecule has 8 heteroatoms. The zero-order valence-electron chi connectivity index (χ0n) is 16.2. The van der Waals surface area contributed by atoms with Crippen LogP contribution in [-0.4, -0.2) is 29.0 Å². The lowest BCUT2D eigenvalue weighted by molar-refractivity contribution is -0.113. The van der Waals surface area contributed by atoms with Crippen molar-refractivity contribution in [3.63, 3.8) is 0 Å². The number of carbonyl (C=O) groups excluding carboxylic acids is 1. The molecule has 0 fully saturated rings. The zero-order valence-corrected chi connectivity index (χ0v) is 18.7. The van der Waals surface area contributed by atoms with Crippen LogP contribution in [0, 0.1) is 0 Å². The van der Waals surface area contributed by atoms with Gasteiger partial charge in [0.15, 0.2) is 8.68 Å². The van der Waals surface area contributed by atoms with Crippen LogP contribution in [0.2, 0.25) is 0 Å². The van der Waals surface area contributed by atoms with E-state index in [0.717, 1.165) is 25.9 Å². The topological polar surface area (TPSA) is 64.1 Å². The highest BCUT2D eigenvalue weighted by Crippen LogP contribution is 2.32. The number of anilines is 1. The van der Waals surface area contributed by atoms with Crippen LogP contribution in [0.15, 0.2) is 75.4 Å². The van der Waals surface area contributed by atoms with Gasteiger partial charge < -0.3 is 10.1 Å². The van der Waals surface area contributed by atoms with Gasteiger partial charge in [0.1, 0.15) is 5.75 Å². The van der Waals surface area contributed by atoms with Gasteiger partial charge in [0.05, 0.1) is 12.9 Å². The summed E-state index contributed by atoms with van der Waals surface area (Å²) in [7, 11) is 1.61. The standard InChI is InChI=1S/C22H19N3O2S3/c1-27-18-11-9-17(10-12-18)23-20(26)14-29-22-25-24-21(30-22)28-13-16-7-4-6-15-5-2-3-8-19(15)16/h2-12H,13-14H2,1H3,(H,23,26). The average molecular weight is 454 g/mol. The minimum absolute atomic E-state index is 0.0784. The lowest BCUT2D eigenvalue weighted by Gasteiger charge is -2.05. The van der Waals surface area contributed by atoms with Crippen LogP contribution in [0.1, 0.15) is 5.56 Å². The van der Waals surface area contributed by atoms with Gasteiger partial charge in [-0.3, -0.25) is 4.79 Å². The minimum Gasteiger partial charge on any atom is -0.497 e. The lowest BCUT2D eigenvalue weighted by Crippen LogP contribution is -2.13. The van der Waals surface area contributed by atoms with Crippen molar-refractivity contribution in [1.82, 2.24) is 10.2 Å². The number of hydrogen-bond donors (Lipinski definition) is 1. The first kappa shape index (κ1) is 20.7. The maximum Gasteiger partial charge on any atom is 0.234 e. The summed E-state index contributed by atoms with van der Waals surface area (Å²) < 4.78 is 6.81. The molecule has 0 aliphatic rings. The van der Waals surface area contributed by atoms with Gasteiger partial charge in [-0.15, -0.1) is 10.2 Å². The smallest absolute Gasteiger partial charge is 0.234 e. The van der Waals surface area contributed by atoms with Gasteiger partial charge in [0.2, 0.25) is 5.91 Å². The predicted octanol–water partition coefficient (Wildman–Crippen LogP) is 5.72. The van der Waals surface area contributed by atoms with E-state index in [-0.39, 0.29) is 11.7 Å². The van der Waals surface area contributed by atoms with E-state index < -0.39 is 0 Å². The fourth-order valence-corrected chi connectivity index (χ4v) is 5.69. The van der Waals surface area contributed by atoms with Crippen LogP contribution >= 0.6 is 34.9 Å². The molecule has 1 N–H and O–H groups in total. The van der Waals surface area contributed by atoms with E-state index in [9.17, 15) is 4.79 Å². The maximum atomic E-state index is 12.2. The van der Waals surface area contributed by atoms with Crippen molar-refractivity contribution in [3.8, 4) is 5.75 Å². The molecule has 3 aromatic carbocycles. The highest BCUT2D eigenvalue weighted by Gasteiger charge is 2.10. The number of aromatic nitrogens is 2. The Morgan fingerprint density at radius 3 is 2.50 bits per heavy atom. The molecule has 5 nitrogen and oxygen atoms in total. The highest BCUT2D eigenvalue weighted by atomic mass is 32.2. The van der Waals surface area contributed by atoms with Crippen molar-refractivity contribution in [1.29, 1.82) is 0 Å². The molecule has 0 spiro atoms. The Morgan fingerprint density at radius 2 is 1.70 bits per heavy atom. The summed E-state index contributed by atoms with van der Waals surface area (Å²) in [4.78, 5) is 12.2. The Morgan fingerprint density at radius 1 is 0.967 bits per heavy atom. The van der Waals surface area contributed by atoms with Gasteiger partial charge >= 0.3 is 0 Å². The van der Waals surface area contributed by atoms with Crippen LogP contribution in [0.5, 0.6) is 5.75 Å². The molecule has 1 amide bonds. The molecule has 0 unspecified atom stereocenters. The second kappa shape index (κ2) is 9.97. The zero-order chi connectivity index (χ0) is 20.8. The van der Waals surface area contributed by atoms with E-state index >= 15 is 0 Å². The van der Waals surface area contributed by atoms with Gasteiger partial charge in [-0.2, -0.15) is 0 Å². The van der Waals surface area contributed by atoms with Crippen LogP contribution in [0.4, 0.5) is 5.69 Å². The van der Waals surface area contributed by atoms with Crippen molar-refractivity contribution >= 4 is 57.2 Å². The third-order valence-corrected chi connectivity index (χ3v) is 7.56. The third-order valence-electron chi connectivity index (χ3n) is 4.32. The molecular formula is C22H19N3O2S3. The molecule has 0 saturated carbocycles.